The van der Waals surface area contributed by atoms with Gasteiger partial charge in [0.15, 0.2) is 11.5 Å². The first kappa shape index (κ1) is 36.7. The molecule has 9 nitrogen and oxygen atoms in total. The van der Waals surface area contributed by atoms with Crippen LogP contribution in [-0.4, -0.2) is 39.1 Å². The Morgan fingerprint density at radius 1 is 0.765 bits per heavy atom. The van der Waals surface area contributed by atoms with Gasteiger partial charge in [-0.05, 0) is 77.9 Å². The van der Waals surface area contributed by atoms with Crippen LogP contribution < -0.4 is 30.2 Å². The Morgan fingerprint density at radius 3 is 2.06 bits per heavy atom. The number of hydrogen-bond donors (Lipinski definition) is 3. The summed E-state index contributed by atoms with van der Waals surface area (Å²) in [5.74, 6) is -1.01. The summed E-state index contributed by atoms with van der Waals surface area (Å²) in [5.41, 5.74) is 1.94. The predicted molar refractivity (Wildman–Crippen MR) is 201 cm³/mol. The average molecular weight is 771 g/mol. The van der Waals surface area contributed by atoms with Crippen LogP contribution >= 0.6 is 27.7 Å². The second-order valence-electron chi connectivity index (χ2n) is 10.8. The van der Waals surface area contributed by atoms with Crippen LogP contribution in [0, 0.1) is 5.82 Å². The first-order valence-electron chi connectivity index (χ1n) is 15.5. The van der Waals surface area contributed by atoms with Crippen molar-refractivity contribution in [2.75, 3.05) is 32.0 Å². The van der Waals surface area contributed by atoms with Crippen molar-refractivity contribution in [3.8, 4) is 17.2 Å². The molecule has 1 unspecified atom stereocenters. The summed E-state index contributed by atoms with van der Waals surface area (Å²) in [5, 5.41) is 7.52. The van der Waals surface area contributed by atoms with E-state index in [1.807, 2.05) is 30.3 Å². The number of benzene rings is 5. The molecule has 3 N–H and O–H groups in total. The topological polar surface area (TPSA) is 115 Å². The predicted octanol–water partition coefficient (Wildman–Crippen LogP) is 8.50. The van der Waals surface area contributed by atoms with Crippen LogP contribution in [0.4, 0.5) is 15.8 Å². The molecule has 3 amide bonds. The zero-order chi connectivity index (χ0) is 36.3. The van der Waals surface area contributed by atoms with Crippen molar-refractivity contribution in [1.29, 1.82) is 0 Å². The van der Waals surface area contributed by atoms with E-state index in [0.717, 1.165) is 0 Å². The molecule has 0 fully saturated rings. The number of nitrogens with one attached hydrogen (secondary N) is 3. The number of amides is 3. The van der Waals surface area contributed by atoms with Crippen LogP contribution in [0.2, 0.25) is 0 Å². The van der Waals surface area contributed by atoms with Crippen LogP contribution in [0.25, 0.3) is 6.08 Å². The van der Waals surface area contributed by atoms with E-state index in [-0.39, 0.29) is 11.4 Å². The summed E-state index contributed by atoms with van der Waals surface area (Å²) in [6, 6.07) is 32.2. The number of halogens is 2. The highest BCUT2D eigenvalue weighted by Gasteiger charge is 2.24. The second-order valence-corrected chi connectivity index (χ2v) is 12.9. The van der Waals surface area contributed by atoms with E-state index in [4.69, 9.17) is 14.2 Å². The number of rotatable bonds is 13. The quantitative estimate of drug-likeness (QED) is 0.0813. The van der Waals surface area contributed by atoms with E-state index >= 15 is 0 Å². The van der Waals surface area contributed by atoms with Crippen LogP contribution in [0.1, 0.15) is 26.7 Å². The summed E-state index contributed by atoms with van der Waals surface area (Å²) >= 11 is 4.47. The Bertz CT molecular complexity index is 2040. The number of anilines is 2. The summed E-state index contributed by atoms with van der Waals surface area (Å²) < 4.78 is 31.5. The monoisotopic (exact) mass is 769 g/mol. The van der Waals surface area contributed by atoms with E-state index < -0.39 is 28.8 Å². The third-order valence-corrected chi connectivity index (χ3v) is 9.14. The summed E-state index contributed by atoms with van der Waals surface area (Å²) in [4.78, 5) is 41.3. The molecule has 0 radical (unpaired) electrons. The third-order valence-electron chi connectivity index (χ3n) is 7.40. The molecule has 0 spiro atoms. The highest BCUT2D eigenvalue weighted by molar-refractivity contribution is 9.10. The fraction of sp³-hybridized carbons (Fsp3) is 0.103. The summed E-state index contributed by atoms with van der Waals surface area (Å²) in [6.45, 7) is 0. The van der Waals surface area contributed by atoms with E-state index in [1.54, 1.807) is 72.8 Å². The van der Waals surface area contributed by atoms with Gasteiger partial charge in [0.1, 0.15) is 16.8 Å². The molecular weight excluding hydrogens is 737 g/mol. The molecule has 5 aromatic rings. The highest BCUT2D eigenvalue weighted by atomic mass is 79.9. The van der Waals surface area contributed by atoms with Gasteiger partial charge in [-0.2, -0.15) is 0 Å². The van der Waals surface area contributed by atoms with E-state index in [0.29, 0.717) is 49.0 Å². The lowest BCUT2D eigenvalue weighted by Gasteiger charge is -2.18. The smallest absolute Gasteiger partial charge is 0.272 e. The van der Waals surface area contributed by atoms with Crippen LogP contribution in [0.5, 0.6) is 17.2 Å². The van der Waals surface area contributed by atoms with Gasteiger partial charge in [0.2, 0.25) is 11.7 Å². The summed E-state index contributed by atoms with van der Waals surface area (Å²) in [6.07, 6.45) is 1.50. The molecule has 0 aliphatic carbocycles. The lowest BCUT2D eigenvalue weighted by molar-refractivity contribution is -0.116. The van der Waals surface area contributed by atoms with Gasteiger partial charge < -0.3 is 30.2 Å². The highest BCUT2D eigenvalue weighted by Crippen LogP contribution is 2.39. The van der Waals surface area contributed by atoms with Crippen molar-refractivity contribution in [2.24, 2.45) is 0 Å². The van der Waals surface area contributed by atoms with Crippen LogP contribution in [-0.2, 0) is 9.59 Å². The molecule has 0 aliphatic rings. The van der Waals surface area contributed by atoms with Crippen LogP contribution in [0.15, 0.2) is 130 Å². The van der Waals surface area contributed by atoms with Gasteiger partial charge in [-0.25, -0.2) is 4.39 Å². The maximum absolute atomic E-state index is 14.6. The van der Waals surface area contributed by atoms with Gasteiger partial charge in [-0.1, -0.05) is 70.5 Å². The Morgan fingerprint density at radius 2 is 1.43 bits per heavy atom. The van der Waals surface area contributed by atoms with Crippen molar-refractivity contribution in [1.82, 2.24) is 5.32 Å². The Hall–Kier alpha value is -5.59. The molecular formula is C39H33BrFN3O6S. The molecule has 12 heteroatoms. The largest absolute Gasteiger partial charge is 0.493 e. The van der Waals surface area contributed by atoms with Crippen molar-refractivity contribution >= 4 is 62.9 Å². The van der Waals surface area contributed by atoms with Crippen molar-refractivity contribution < 1.29 is 33.0 Å². The number of methoxy groups -OCH3 is 3. The Labute approximate surface area is 307 Å². The van der Waals surface area contributed by atoms with E-state index in [2.05, 4.69) is 31.9 Å². The van der Waals surface area contributed by atoms with Crippen molar-refractivity contribution in [3.63, 3.8) is 0 Å². The van der Waals surface area contributed by atoms with Gasteiger partial charge in [-0.3, -0.25) is 14.4 Å². The minimum Gasteiger partial charge on any atom is -0.493 e. The standard InChI is InChI=1S/C39H33BrFN3O6S/c1-48-33-20-24(21-34(49-2)35(33)50-3)19-32(44-37(45)26-13-8-5-9-14-26)38(46)42-28-15-10-16-29(23-28)51-36(25-11-6-4-7-12-25)39(47)43-31-18-17-27(40)22-30(31)41/h4-23,36H,1-3H3,(H,42,46)(H,43,47)(H,44,45)/b32-19+. The molecule has 0 saturated heterocycles. The van der Waals surface area contributed by atoms with Gasteiger partial charge in [0.25, 0.3) is 11.8 Å². The third kappa shape index (κ3) is 9.56. The molecule has 0 saturated carbocycles. The molecule has 5 aromatic carbocycles. The van der Waals surface area contributed by atoms with Gasteiger partial charge in [-0.15, -0.1) is 11.8 Å². The van der Waals surface area contributed by atoms with Gasteiger partial charge in [0, 0.05) is 20.6 Å². The zero-order valence-corrected chi connectivity index (χ0v) is 30.1. The fourth-order valence-electron chi connectivity index (χ4n) is 4.97. The molecule has 5 rings (SSSR count). The molecule has 0 bridgehead atoms. The van der Waals surface area contributed by atoms with E-state index in [9.17, 15) is 18.8 Å². The molecule has 0 aliphatic heterocycles. The molecule has 51 heavy (non-hydrogen) atoms. The van der Waals surface area contributed by atoms with Gasteiger partial charge in [0.05, 0.1) is 27.0 Å². The Kier molecular flexibility index (Phi) is 12.5. The van der Waals surface area contributed by atoms with Gasteiger partial charge >= 0.3 is 0 Å². The zero-order valence-electron chi connectivity index (χ0n) is 27.7. The summed E-state index contributed by atoms with van der Waals surface area (Å²) in [7, 11) is 4.44. The first-order chi connectivity index (χ1) is 24.7. The normalized spacial score (nSPS) is 11.6. The number of thioether (sulfide) groups is 1. The number of ether oxygens (including phenoxy) is 3. The minimum atomic E-state index is -0.763. The number of carbonyl (C=O) groups is 3. The first-order valence-corrected chi connectivity index (χ1v) is 17.1. The second kappa shape index (κ2) is 17.4. The lowest BCUT2D eigenvalue weighted by atomic mass is 10.1. The lowest BCUT2D eigenvalue weighted by Crippen LogP contribution is -2.30. The molecule has 260 valence electrons. The molecule has 0 aromatic heterocycles. The SMILES string of the molecule is COc1cc(/C=C(/NC(=O)c2ccccc2)C(=O)Nc2cccc(SC(C(=O)Nc3ccc(Br)cc3F)c3ccccc3)c2)cc(OC)c1OC. The van der Waals surface area contributed by atoms with E-state index in [1.165, 1.54) is 51.3 Å². The number of carbonyl (C=O) groups excluding carboxylic acids is 3. The maximum atomic E-state index is 14.6. The van der Waals surface area contributed by atoms with Crippen LogP contribution in [0.3, 0.4) is 0 Å². The molecule has 1 atom stereocenters. The van der Waals surface area contributed by atoms with Crippen molar-refractivity contribution in [2.45, 2.75) is 10.1 Å². The molecule has 0 heterocycles. The van der Waals surface area contributed by atoms with Crippen molar-refractivity contribution in [3.05, 3.63) is 148 Å². The fourth-order valence-corrected chi connectivity index (χ4v) is 6.38. The average Bonchev–Trinajstić information content (AvgIpc) is 3.15. The Balaban J connectivity index is 1.43. The number of hydrogen-bond acceptors (Lipinski definition) is 7. The maximum Gasteiger partial charge on any atom is 0.272 e. The minimum absolute atomic E-state index is 0.0507.